The topological polar surface area (TPSA) is 18.5 Å². The van der Waals surface area contributed by atoms with Gasteiger partial charge in [-0.2, -0.15) is 0 Å². The fourth-order valence-electron chi connectivity index (χ4n) is 1.04. The Labute approximate surface area is 95.2 Å². The van der Waals surface area contributed by atoms with E-state index in [1.54, 1.807) is 7.11 Å². The van der Waals surface area contributed by atoms with Crippen LogP contribution in [0.15, 0.2) is 24.3 Å². The fraction of sp³-hybridized carbons (Fsp3) is 0.333. The number of alkyl halides is 1. The summed E-state index contributed by atoms with van der Waals surface area (Å²) in [6.45, 7) is 1.13. The van der Waals surface area contributed by atoms with E-state index in [1.807, 2.05) is 24.3 Å². The van der Waals surface area contributed by atoms with Crippen molar-refractivity contribution in [1.29, 1.82) is 0 Å². The van der Waals surface area contributed by atoms with Gasteiger partial charge >= 0.3 is 0 Å². The molecule has 2 nitrogen and oxygen atoms in total. The molecule has 1 aromatic carbocycles. The van der Waals surface area contributed by atoms with Gasteiger partial charge in [0, 0.05) is 12.7 Å². The van der Waals surface area contributed by atoms with E-state index in [0.29, 0.717) is 19.1 Å². The van der Waals surface area contributed by atoms with Crippen LogP contribution in [0.25, 0.3) is 0 Å². The third kappa shape index (κ3) is 4.73. The Kier molecular flexibility index (Phi) is 5.69. The molecule has 0 aliphatic rings. The van der Waals surface area contributed by atoms with Crippen molar-refractivity contribution < 1.29 is 9.47 Å². The van der Waals surface area contributed by atoms with E-state index < -0.39 is 0 Å². The molecule has 0 aromatic heterocycles. The van der Waals surface area contributed by atoms with Crippen LogP contribution in [-0.4, -0.2) is 26.2 Å². The molecule has 0 aliphatic carbocycles. The summed E-state index contributed by atoms with van der Waals surface area (Å²) in [5.41, 5.74) is 0.908. The molecular formula is C12H13ClO2. The molecule has 1 rings (SSSR count). The highest BCUT2D eigenvalue weighted by Crippen LogP contribution is 2.12. The minimum Gasteiger partial charge on any atom is -0.491 e. The summed E-state index contributed by atoms with van der Waals surface area (Å²) in [6, 6.07) is 7.60. The molecule has 0 aliphatic heterocycles. The normalized spacial score (nSPS) is 9.20. The second-order valence-electron chi connectivity index (χ2n) is 2.80. The zero-order valence-corrected chi connectivity index (χ0v) is 9.38. The van der Waals surface area contributed by atoms with Crippen LogP contribution in [0.1, 0.15) is 5.56 Å². The van der Waals surface area contributed by atoms with Gasteiger partial charge in [-0.05, 0) is 18.2 Å². The number of rotatable bonds is 4. The van der Waals surface area contributed by atoms with Crippen LogP contribution in [-0.2, 0) is 4.74 Å². The first-order chi connectivity index (χ1) is 7.36. The molecule has 0 saturated carbocycles. The van der Waals surface area contributed by atoms with E-state index in [4.69, 9.17) is 21.1 Å². The van der Waals surface area contributed by atoms with Gasteiger partial charge in [-0.25, -0.2) is 0 Å². The van der Waals surface area contributed by atoms with E-state index in [2.05, 4.69) is 11.8 Å². The second-order valence-corrected chi connectivity index (χ2v) is 3.07. The predicted molar refractivity (Wildman–Crippen MR) is 61.4 cm³/mol. The van der Waals surface area contributed by atoms with Gasteiger partial charge in [0.25, 0.3) is 0 Å². The molecule has 0 N–H and O–H groups in total. The minimum atomic E-state index is 0.342. The summed E-state index contributed by atoms with van der Waals surface area (Å²) in [4.78, 5) is 0. The Balaban J connectivity index is 2.57. The number of hydrogen-bond acceptors (Lipinski definition) is 2. The van der Waals surface area contributed by atoms with Crippen molar-refractivity contribution in [2.45, 2.75) is 0 Å². The average molecular weight is 225 g/mol. The third-order valence-corrected chi connectivity index (χ3v) is 1.82. The predicted octanol–water partition coefficient (Wildman–Crippen LogP) is 2.30. The molecule has 0 spiro atoms. The smallest absolute Gasteiger partial charge is 0.120 e. The second kappa shape index (κ2) is 7.17. The van der Waals surface area contributed by atoms with Crippen molar-refractivity contribution in [3.8, 4) is 17.6 Å². The maximum absolute atomic E-state index is 5.47. The van der Waals surface area contributed by atoms with Crippen LogP contribution in [0.3, 0.4) is 0 Å². The largest absolute Gasteiger partial charge is 0.491 e. The number of ether oxygens (including phenoxy) is 2. The van der Waals surface area contributed by atoms with E-state index in [1.165, 1.54) is 0 Å². The van der Waals surface area contributed by atoms with Gasteiger partial charge < -0.3 is 9.47 Å². The van der Waals surface area contributed by atoms with Crippen LogP contribution in [0.4, 0.5) is 0 Å². The van der Waals surface area contributed by atoms with Gasteiger partial charge in [-0.15, -0.1) is 11.6 Å². The average Bonchev–Trinajstić information content (AvgIpc) is 2.27. The minimum absolute atomic E-state index is 0.342. The Morgan fingerprint density at radius 1 is 1.33 bits per heavy atom. The summed E-state index contributed by atoms with van der Waals surface area (Å²) >= 11 is 5.47. The monoisotopic (exact) mass is 224 g/mol. The Morgan fingerprint density at radius 2 is 2.20 bits per heavy atom. The summed E-state index contributed by atoms with van der Waals surface area (Å²) < 4.78 is 10.3. The van der Waals surface area contributed by atoms with E-state index in [-0.39, 0.29) is 0 Å². The summed E-state index contributed by atoms with van der Waals surface area (Å²) in [7, 11) is 1.64. The highest BCUT2D eigenvalue weighted by molar-refractivity contribution is 6.19. The molecular weight excluding hydrogens is 212 g/mol. The van der Waals surface area contributed by atoms with E-state index in [0.717, 1.165) is 11.3 Å². The number of hydrogen-bond donors (Lipinski definition) is 0. The molecule has 1 aromatic rings. The fourth-order valence-corrected chi connectivity index (χ4v) is 1.11. The molecule has 0 saturated heterocycles. The first kappa shape index (κ1) is 11.9. The van der Waals surface area contributed by atoms with Crippen molar-refractivity contribution in [1.82, 2.24) is 0 Å². The zero-order chi connectivity index (χ0) is 10.9. The maximum atomic E-state index is 5.47. The Bertz CT molecular complexity index is 352. The van der Waals surface area contributed by atoms with E-state index in [9.17, 15) is 0 Å². The lowest BCUT2D eigenvalue weighted by Crippen LogP contribution is -2.04. The Morgan fingerprint density at radius 3 is 2.93 bits per heavy atom. The van der Waals surface area contributed by atoms with E-state index >= 15 is 0 Å². The number of methoxy groups -OCH3 is 1. The number of benzene rings is 1. The van der Waals surface area contributed by atoms with Crippen LogP contribution in [0.2, 0.25) is 0 Å². The quantitative estimate of drug-likeness (QED) is 0.444. The van der Waals surface area contributed by atoms with Gasteiger partial charge in [-0.1, -0.05) is 17.9 Å². The molecule has 0 atom stereocenters. The molecule has 80 valence electrons. The molecule has 3 heteroatoms. The molecule has 15 heavy (non-hydrogen) atoms. The van der Waals surface area contributed by atoms with Gasteiger partial charge in [0.1, 0.15) is 12.4 Å². The third-order valence-electron chi connectivity index (χ3n) is 1.69. The molecule has 0 radical (unpaired) electrons. The van der Waals surface area contributed by atoms with Gasteiger partial charge in [-0.3, -0.25) is 0 Å². The number of halogens is 1. The lowest BCUT2D eigenvalue weighted by Gasteiger charge is -2.04. The first-order valence-corrected chi connectivity index (χ1v) is 5.17. The van der Waals surface area contributed by atoms with Crippen molar-refractivity contribution in [3.05, 3.63) is 29.8 Å². The van der Waals surface area contributed by atoms with Crippen molar-refractivity contribution in [2.75, 3.05) is 26.2 Å². The highest BCUT2D eigenvalue weighted by atomic mass is 35.5. The van der Waals surface area contributed by atoms with Crippen molar-refractivity contribution in [3.63, 3.8) is 0 Å². The van der Waals surface area contributed by atoms with Gasteiger partial charge in [0.2, 0.25) is 0 Å². The van der Waals surface area contributed by atoms with Crippen LogP contribution < -0.4 is 4.74 Å². The molecule has 0 bridgehead atoms. The van der Waals surface area contributed by atoms with Crippen molar-refractivity contribution >= 4 is 11.6 Å². The lowest BCUT2D eigenvalue weighted by atomic mass is 10.2. The first-order valence-electron chi connectivity index (χ1n) is 4.63. The molecule has 0 heterocycles. The zero-order valence-electron chi connectivity index (χ0n) is 8.63. The highest BCUT2D eigenvalue weighted by Gasteiger charge is 1.94. The van der Waals surface area contributed by atoms with Crippen LogP contribution >= 0.6 is 11.6 Å². The summed E-state index contributed by atoms with van der Waals surface area (Å²) in [6.07, 6.45) is 0. The standard InChI is InChI=1S/C12H13ClO2/c1-14-8-9-15-12-6-2-4-11(10-12)5-3-7-13/h2,4,6,10H,7-9H2,1H3. The van der Waals surface area contributed by atoms with Crippen molar-refractivity contribution in [2.24, 2.45) is 0 Å². The lowest BCUT2D eigenvalue weighted by molar-refractivity contribution is 0.146. The van der Waals surface area contributed by atoms with Gasteiger partial charge in [0.15, 0.2) is 0 Å². The molecule has 0 fully saturated rings. The molecule has 0 unspecified atom stereocenters. The SMILES string of the molecule is COCCOc1cccc(C#CCCl)c1. The summed E-state index contributed by atoms with van der Waals surface area (Å²) in [5, 5.41) is 0. The maximum Gasteiger partial charge on any atom is 0.120 e. The van der Waals surface area contributed by atoms with Gasteiger partial charge in [0.05, 0.1) is 12.5 Å². The Hall–Kier alpha value is -1.17. The van der Waals surface area contributed by atoms with Crippen LogP contribution in [0, 0.1) is 11.8 Å². The molecule has 0 amide bonds. The van der Waals surface area contributed by atoms with Crippen LogP contribution in [0.5, 0.6) is 5.75 Å². The summed E-state index contributed by atoms with van der Waals surface area (Å²) in [5.74, 6) is 6.87.